The minimum absolute atomic E-state index is 0.0448. The van der Waals surface area contributed by atoms with Gasteiger partial charge in [0.1, 0.15) is 0 Å². The van der Waals surface area contributed by atoms with Crippen molar-refractivity contribution in [3.8, 4) is 111 Å². The molecule has 0 radical (unpaired) electrons. The summed E-state index contributed by atoms with van der Waals surface area (Å²) in [5, 5.41) is -5.93. The highest BCUT2D eigenvalue weighted by atomic mass is 14.2. The van der Waals surface area contributed by atoms with Gasteiger partial charge in [0, 0.05) is 0 Å². The van der Waals surface area contributed by atoms with Gasteiger partial charge in [-0.2, -0.15) is 0 Å². The molecule has 26 aromatic carbocycles. The van der Waals surface area contributed by atoms with Crippen LogP contribution in [0.1, 0.15) is 74.0 Å². The molecule has 0 saturated heterocycles. The van der Waals surface area contributed by atoms with E-state index in [0.29, 0.717) is 33.4 Å². The van der Waals surface area contributed by atoms with Gasteiger partial charge in [-0.05, 0) is 335 Å². The Balaban J connectivity index is 0.000000177. The zero-order valence-corrected chi connectivity index (χ0v) is 61.4. The molecule has 0 fully saturated rings. The van der Waals surface area contributed by atoms with Crippen LogP contribution in [0.3, 0.4) is 0 Å². The van der Waals surface area contributed by atoms with E-state index in [-0.39, 0.29) is 98.6 Å². The Morgan fingerprint density at radius 1 is 0.125 bits per heavy atom. The summed E-state index contributed by atoms with van der Waals surface area (Å²) in [5.74, 6) is 0. The van der Waals surface area contributed by atoms with Gasteiger partial charge in [-0.25, -0.2) is 0 Å². The second kappa shape index (κ2) is 27.0. The van der Waals surface area contributed by atoms with Crippen molar-refractivity contribution in [3.05, 3.63) is 435 Å². The molecule has 26 aromatic rings. The van der Waals surface area contributed by atoms with Gasteiger partial charge in [-0.1, -0.05) is 363 Å². The predicted molar refractivity (Wildman–Crippen MR) is 517 cm³/mol. The topological polar surface area (TPSA) is 0 Å². The SMILES string of the molecule is [2H]c1c([2H])c(-c2c([2H])c(-c3c([2H])c([2H])c([2H])c(-c4c([2H])c([2H])c5c([2H])c([2H])c6c([2H])c([2H])c([2H])c7c([2H])c([2H])c4c5c67)c3[2H])c([2H])c(-c3c([2H])c([2H])c4c([2H])c([2H])c([2H])c([2H])c4c3[2H])c2[2H])c([2H])c(-c2c([2H])c([2H])c3c([2H])c([2H])c4c([2H])c([2H])c([2H])c5c([2H])c([2H])c2c3c45)c1[2H].[2H]c1c([2H])c2c([2H])c([2H])c3c([2H])c([2H])c(-c4cccc(-c5cc(-c6cccc(-c7c([2H])c([2H])c8c([2H])c([2H])c9c([2H])c([2H])c([2H])c%10c([2H])c([2H])c7c8c9%10)c6)cc(-c6ccc7ccccc7c6)c5)c4)c4c([2H])c([2H])c(c1[2H])c2c34. The molecule has 0 unspecified atom stereocenters. The van der Waals surface area contributed by atoms with Crippen LogP contribution in [0.4, 0.5) is 0 Å². The van der Waals surface area contributed by atoms with E-state index in [9.17, 15) is 41.1 Å². The summed E-state index contributed by atoms with van der Waals surface area (Å²) < 4.78 is 497. The lowest BCUT2D eigenvalue weighted by Crippen LogP contribution is -1.90. The molecule has 0 bridgehead atoms. The van der Waals surface area contributed by atoms with Gasteiger partial charge in [0.25, 0.3) is 0 Å². The molecule has 0 N–H and O–H groups in total. The fourth-order valence-corrected chi connectivity index (χ4v) is 16.2. The smallest absolute Gasteiger partial charge is 0.0616 e. The summed E-state index contributed by atoms with van der Waals surface area (Å²) in [4.78, 5) is 0. The van der Waals surface area contributed by atoms with E-state index in [1.165, 1.54) is 0 Å². The van der Waals surface area contributed by atoms with E-state index in [1.807, 2.05) is 66.7 Å². The van der Waals surface area contributed by atoms with Crippen LogP contribution >= 0.6 is 0 Å². The third kappa shape index (κ3) is 11.1. The van der Waals surface area contributed by atoms with Gasteiger partial charge >= 0.3 is 0 Å². The molecule has 0 heteroatoms. The molecule has 120 heavy (non-hydrogen) atoms. The summed E-state index contributed by atoms with van der Waals surface area (Å²) in [6, 6.07) is -10.1. The minimum atomic E-state index is -1.33. The normalized spacial score (nSPS) is 18.3. The highest BCUT2D eigenvalue weighted by Crippen LogP contribution is 2.48. The first kappa shape index (κ1) is 33.5. The molecule has 0 aliphatic rings. The van der Waals surface area contributed by atoms with Crippen LogP contribution in [0.2, 0.25) is 0 Å². The van der Waals surface area contributed by atoms with Gasteiger partial charge in [0.15, 0.2) is 0 Å². The van der Waals surface area contributed by atoms with E-state index in [0.717, 1.165) is 21.9 Å². The van der Waals surface area contributed by atoms with Crippen LogP contribution < -0.4 is 0 Å². The molecule has 552 valence electrons. The average Bonchev–Trinajstić information content (AvgIpc) is 0.686. The Bertz CT molecular complexity index is 11500. The largest absolute Gasteiger partial charge is 0.0636 e. The molecule has 0 atom stereocenters. The van der Waals surface area contributed by atoms with Crippen molar-refractivity contribution in [2.45, 2.75) is 0 Å². The molecular formula is C120H72. The third-order valence-corrected chi connectivity index (χ3v) is 21.7. The van der Waals surface area contributed by atoms with Crippen LogP contribution in [-0.4, -0.2) is 0 Å². The summed E-state index contributed by atoms with van der Waals surface area (Å²) in [7, 11) is 0. The highest BCUT2D eigenvalue weighted by Gasteiger charge is 2.21. The van der Waals surface area contributed by atoms with Crippen LogP contribution in [0.15, 0.2) is 435 Å². The van der Waals surface area contributed by atoms with Crippen LogP contribution in [0.5, 0.6) is 0 Å². The lowest BCUT2D eigenvalue weighted by atomic mass is 9.87. The molecule has 0 spiro atoms. The van der Waals surface area contributed by atoms with Crippen molar-refractivity contribution in [2.24, 2.45) is 0 Å². The fraction of sp³-hybridized carbons (Fsp3) is 0. The van der Waals surface area contributed by atoms with Gasteiger partial charge < -0.3 is 0 Å². The molecule has 0 aliphatic carbocycles. The van der Waals surface area contributed by atoms with Gasteiger partial charge in [0.2, 0.25) is 0 Å². The maximum absolute atomic E-state index is 10.2. The average molecular weight is 1570 g/mol. The Kier molecular flexibility index (Phi) is 7.55. The lowest BCUT2D eigenvalue weighted by molar-refractivity contribution is 1.56. The summed E-state index contributed by atoms with van der Waals surface area (Å²) in [6.45, 7) is 0. The number of rotatable bonds is 10. The molecule has 0 aromatic heterocycles. The van der Waals surface area contributed by atoms with Crippen LogP contribution in [0.25, 0.3) is 262 Å². The van der Waals surface area contributed by atoms with E-state index >= 15 is 0 Å². The van der Waals surface area contributed by atoms with Crippen molar-refractivity contribution >= 4 is 151 Å². The van der Waals surface area contributed by atoms with Gasteiger partial charge in [-0.15, -0.1) is 0 Å². The molecule has 0 amide bonds. The monoisotopic (exact) mass is 1570 g/mol. The number of fused-ring (bicyclic) bond motifs is 2. The fourth-order valence-electron chi connectivity index (χ4n) is 16.2. The summed E-state index contributed by atoms with van der Waals surface area (Å²) in [5.41, 5.74) is -5.10. The van der Waals surface area contributed by atoms with E-state index < -0.39 is 434 Å². The van der Waals surface area contributed by atoms with Crippen molar-refractivity contribution < 1.29 is 74.0 Å². The standard InChI is InChI=1S/2C60H36/c2*1-2-8-44-31-47(22-17-37(44)7-1)52-35-50(45-13-5-15-48(32-45)53-27-23-42-20-18-38-9-3-11-40-25-29-55(53)59(42)57(38)40)34-51(36-52)46-14-6-16-49(33-46)54-28-24-43-21-19-39-10-4-12-41-26-30-56(54)60(43)58(39)41/h2*1-36H/i1D,2D,3D,4D,5D,6D,7D,8D,9D,10D,11D,12D,13D,14D,15D,16D,17D,18D,19D,20D,21D,22D,23D,24D,25D,26D,27D,28D,29D,30D,31D,32D,33D,34D,35D,36D;3D,4D,9D,10D,11D,12D,18D,19D,20D,21D,23D,24D,25D,26D,27D,28D,29D,30D. The van der Waals surface area contributed by atoms with Crippen molar-refractivity contribution in [1.29, 1.82) is 0 Å². The van der Waals surface area contributed by atoms with Crippen molar-refractivity contribution in [2.75, 3.05) is 0 Å². The summed E-state index contributed by atoms with van der Waals surface area (Å²) in [6.07, 6.45) is 0. The second-order valence-corrected chi connectivity index (χ2v) is 28.5. The maximum Gasteiger partial charge on any atom is 0.0636 e. The van der Waals surface area contributed by atoms with Crippen molar-refractivity contribution in [3.63, 3.8) is 0 Å². The minimum Gasteiger partial charge on any atom is -0.0616 e. The summed E-state index contributed by atoms with van der Waals surface area (Å²) >= 11 is 0. The number of hydrogen-bond acceptors (Lipinski definition) is 0. The molecule has 0 saturated carbocycles. The molecular weight excluding hydrogens is 1440 g/mol. The highest BCUT2D eigenvalue weighted by molar-refractivity contribution is 6.29. The predicted octanol–water partition coefficient (Wildman–Crippen LogP) is 33.9. The van der Waals surface area contributed by atoms with Gasteiger partial charge in [-0.3, -0.25) is 0 Å². The Hall–Kier alpha value is -15.6. The second-order valence-electron chi connectivity index (χ2n) is 28.5. The Labute approximate surface area is 769 Å². The Morgan fingerprint density at radius 2 is 0.400 bits per heavy atom. The van der Waals surface area contributed by atoms with Crippen molar-refractivity contribution in [1.82, 2.24) is 0 Å². The quantitative estimate of drug-likeness (QED) is 0.120. The van der Waals surface area contributed by atoms with Gasteiger partial charge in [0.05, 0.1) is 74.0 Å². The maximum atomic E-state index is 10.2. The van der Waals surface area contributed by atoms with Crippen LogP contribution in [-0.2, 0) is 0 Å². The first-order valence-corrected chi connectivity index (χ1v) is 37.4. The molecule has 0 nitrogen and oxygen atoms in total. The molecule has 0 heterocycles. The van der Waals surface area contributed by atoms with E-state index in [2.05, 4.69) is 6.07 Å². The Morgan fingerprint density at radius 3 is 0.800 bits per heavy atom. The number of benzene rings is 26. The number of hydrogen-bond donors (Lipinski definition) is 0. The molecule has 0 aliphatic heterocycles. The van der Waals surface area contributed by atoms with E-state index in [1.54, 1.807) is 36.4 Å². The molecule has 26 rings (SSSR count). The zero-order chi connectivity index (χ0) is 126. The lowest BCUT2D eigenvalue weighted by Gasteiger charge is -2.16. The zero-order valence-electron chi connectivity index (χ0n) is 115. The first-order valence-electron chi connectivity index (χ1n) is 64.4. The first-order chi connectivity index (χ1) is 82.0. The van der Waals surface area contributed by atoms with Crippen LogP contribution in [0, 0.1) is 0 Å². The third-order valence-electron chi connectivity index (χ3n) is 21.7. The van der Waals surface area contributed by atoms with E-state index in [4.69, 9.17) is 32.9 Å².